The fourth-order valence-corrected chi connectivity index (χ4v) is 3.06. The average molecular weight is 182 g/mol. The Bertz CT molecular complexity index is 257. The van der Waals surface area contributed by atoms with Gasteiger partial charge in [-0.3, -0.25) is 0 Å². The van der Waals surface area contributed by atoms with E-state index in [1.165, 1.54) is 22.6 Å². The highest BCUT2D eigenvalue weighted by Gasteiger charge is 2.15. The minimum atomic E-state index is 0.465. The molecule has 1 heterocycles. The van der Waals surface area contributed by atoms with Crippen molar-refractivity contribution in [1.29, 1.82) is 0 Å². The van der Waals surface area contributed by atoms with E-state index in [-0.39, 0.29) is 0 Å². The first kappa shape index (κ1) is 7.56. The first-order valence-electron chi connectivity index (χ1n) is 3.78. The molecule has 0 saturated heterocycles. The molecule has 1 atom stereocenters. The molecule has 0 aromatic heterocycles. The standard InChI is InChI=1S/C9H10S2/c10-8-5-6-11-9-4-2-1-3-7(8)9/h1-4,8,10H,5-6H2/t8-/m1/s1. The largest absolute Gasteiger partial charge is 0.171 e. The van der Waals surface area contributed by atoms with Gasteiger partial charge in [0, 0.05) is 10.1 Å². The summed E-state index contributed by atoms with van der Waals surface area (Å²) in [5, 5.41) is 0.465. The van der Waals surface area contributed by atoms with Gasteiger partial charge >= 0.3 is 0 Å². The highest BCUT2D eigenvalue weighted by molar-refractivity contribution is 7.99. The maximum absolute atomic E-state index is 4.53. The van der Waals surface area contributed by atoms with Crippen LogP contribution in [0, 0.1) is 0 Å². The van der Waals surface area contributed by atoms with Crippen molar-refractivity contribution in [3.63, 3.8) is 0 Å². The van der Waals surface area contributed by atoms with Gasteiger partial charge in [0.05, 0.1) is 0 Å². The van der Waals surface area contributed by atoms with Crippen LogP contribution in [-0.2, 0) is 0 Å². The molecule has 1 aromatic carbocycles. The molecule has 58 valence electrons. The van der Waals surface area contributed by atoms with Crippen molar-refractivity contribution in [2.24, 2.45) is 0 Å². The summed E-state index contributed by atoms with van der Waals surface area (Å²) in [7, 11) is 0. The van der Waals surface area contributed by atoms with Crippen molar-refractivity contribution in [2.45, 2.75) is 16.6 Å². The Hall–Kier alpha value is -0.0800. The Labute approximate surface area is 76.8 Å². The minimum Gasteiger partial charge on any atom is -0.171 e. The molecule has 0 fully saturated rings. The molecule has 2 rings (SSSR count). The summed E-state index contributed by atoms with van der Waals surface area (Å²) in [4.78, 5) is 1.42. The maximum atomic E-state index is 4.53. The maximum Gasteiger partial charge on any atom is 0.0286 e. The monoisotopic (exact) mass is 182 g/mol. The van der Waals surface area contributed by atoms with Crippen molar-refractivity contribution in [2.75, 3.05) is 5.75 Å². The van der Waals surface area contributed by atoms with Gasteiger partial charge in [-0.25, -0.2) is 0 Å². The first-order chi connectivity index (χ1) is 5.38. The second-order valence-corrected chi connectivity index (χ2v) is 4.45. The van der Waals surface area contributed by atoms with E-state index >= 15 is 0 Å². The van der Waals surface area contributed by atoms with Crippen LogP contribution in [0.5, 0.6) is 0 Å². The summed E-state index contributed by atoms with van der Waals surface area (Å²) in [6.45, 7) is 0. The molecular formula is C9H10S2. The van der Waals surface area contributed by atoms with Crippen molar-refractivity contribution in [1.82, 2.24) is 0 Å². The van der Waals surface area contributed by atoms with E-state index in [9.17, 15) is 0 Å². The van der Waals surface area contributed by atoms with Crippen LogP contribution < -0.4 is 0 Å². The second-order valence-electron chi connectivity index (χ2n) is 2.69. The molecule has 2 heteroatoms. The molecule has 1 aromatic rings. The molecule has 1 aliphatic heterocycles. The SMILES string of the molecule is S[C@@H]1CCSc2ccccc21. The summed E-state index contributed by atoms with van der Waals surface area (Å²) in [6, 6.07) is 8.55. The second kappa shape index (κ2) is 3.11. The molecule has 0 spiro atoms. The van der Waals surface area contributed by atoms with Crippen molar-refractivity contribution >= 4 is 24.4 Å². The number of thiol groups is 1. The number of hydrogen-bond donors (Lipinski definition) is 1. The van der Waals surface area contributed by atoms with Gasteiger partial charge in [-0.15, -0.1) is 11.8 Å². The zero-order valence-corrected chi connectivity index (χ0v) is 7.87. The normalized spacial score (nSPS) is 22.8. The summed E-state index contributed by atoms with van der Waals surface area (Å²) < 4.78 is 0. The van der Waals surface area contributed by atoms with Crippen LogP contribution in [0.4, 0.5) is 0 Å². The van der Waals surface area contributed by atoms with Crippen LogP contribution in [0.3, 0.4) is 0 Å². The van der Waals surface area contributed by atoms with E-state index in [2.05, 4.69) is 36.9 Å². The topological polar surface area (TPSA) is 0 Å². The van der Waals surface area contributed by atoms with Crippen LogP contribution in [0.1, 0.15) is 17.2 Å². The molecule has 0 radical (unpaired) electrons. The molecule has 0 amide bonds. The van der Waals surface area contributed by atoms with Crippen molar-refractivity contribution in [3.05, 3.63) is 29.8 Å². The summed E-state index contributed by atoms with van der Waals surface area (Å²) in [5.74, 6) is 1.21. The average Bonchev–Trinajstić information content (AvgIpc) is 2.06. The van der Waals surface area contributed by atoms with Gasteiger partial charge in [0.2, 0.25) is 0 Å². The molecule has 1 aliphatic rings. The zero-order chi connectivity index (χ0) is 7.68. The Morgan fingerprint density at radius 3 is 3.00 bits per heavy atom. The lowest BCUT2D eigenvalue weighted by molar-refractivity contribution is 0.872. The fraction of sp³-hybridized carbons (Fsp3) is 0.333. The summed E-state index contributed by atoms with van der Waals surface area (Å²) >= 11 is 6.47. The van der Waals surface area contributed by atoms with Crippen LogP contribution in [0.2, 0.25) is 0 Å². The van der Waals surface area contributed by atoms with E-state index in [1.807, 2.05) is 11.8 Å². The van der Waals surface area contributed by atoms with Crippen molar-refractivity contribution < 1.29 is 0 Å². The van der Waals surface area contributed by atoms with E-state index in [0.717, 1.165) is 0 Å². The van der Waals surface area contributed by atoms with Crippen LogP contribution >= 0.6 is 24.4 Å². The number of thioether (sulfide) groups is 1. The molecule has 0 saturated carbocycles. The van der Waals surface area contributed by atoms with Crippen LogP contribution in [0.25, 0.3) is 0 Å². The molecule has 11 heavy (non-hydrogen) atoms. The summed E-state index contributed by atoms with van der Waals surface area (Å²) in [5.41, 5.74) is 1.41. The Morgan fingerprint density at radius 2 is 2.18 bits per heavy atom. The molecule has 0 nitrogen and oxygen atoms in total. The highest BCUT2D eigenvalue weighted by atomic mass is 32.2. The third-order valence-electron chi connectivity index (χ3n) is 1.93. The lowest BCUT2D eigenvalue weighted by Crippen LogP contribution is -2.00. The minimum absolute atomic E-state index is 0.465. The summed E-state index contributed by atoms with van der Waals surface area (Å²) in [6.07, 6.45) is 1.20. The Morgan fingerprint density at radius 1 is 1.36 bits per heavy atom. The molecule has 0 unspecified atom stereocenters. The number of hydrogen-bond acceptors (Lipinski definition) is 2. The van der Waals surface area contributed by atoms with Gasteiger partial charge in [0.15, 0.2) is 0 Å². The predicted molar refractivity (Wildman–Crippen MR) is 53.5 cm³/mol. The lowest BCUT2D eigenvalue weighted by Gasteiger charge is -2.20. The van der Waals surface area contributed by atoms with Gasteiger partial charge in [-0.05, 0) is 23.8 Å². The first-order valence-corrected chi connectivity index (χ1v) is 5.28. The Kier molecular flexibility index (Phi) is 2.14. The van der Waals surface area contributed by atoms with E-state index in [0.29, 0.717) is 5.25 Å². The zero-order valence-electron chi connectivity index (χ0n) is 6.16. The van der Waals surface area contributed by atoms with E-state index in [1.54, 1.807) is 0 Å². The van der Waals surface area contributed by atoms with Gasteiger partial charge in [-0.1, -0.05) is 18.2 Å². The van der Waals surface area contributed by atoms with Gasteiger partial charge in [-0.2, -0.15) is 12.6 Å². The predicted octanol–water partition coefficient (Wildman–Crippen LogP) is 3.15. The third-order valence-corrected chi connectivity index (χ3v) is 3.59. The van der Waals surface area contributed by atoms with Gasteiger partial charge in [0.1, 0.15) is 0 Å². The third kappa shape index (κ3) is 1.42. The van der Waals surface area contributed by atoms with Gasteiger partial charge < -0.3 is 0 Å². The van der Waals surface area contributed by atoms with Crippen LogP contribution in [-0.4, -0.2) is 5.75 Å². The number of fused-ring (bicyclic) bond motifs is 1. The molecule has 0 aliphatic carbocycles. The molecule has 0 bridgehead atoms. The highest BCUT2D eigenvalue weighted by Crippen LogP contribution is 2.38. The van der Waals surface area contributed by atoms with E-state index in [4.69, 9.17) is 0 Å². The Balaban J connectivity index is 2.44. The van der Waals surface area contributed by atoms with E-state index < -0.39 is 0 Å². The molecular weight excluding hydrogens is 172 g/mol. The fourth-order valence-electron chi connectivity index (χ4n) is 1.32. The number of benzene rings is 1. The molecule has 0 N–H and O–H groups in total. The number of rotatable bonds is 0. The van der Waals surface area contributed by atoms with Crippen LogP contribution in [0.15, 0.2) is 29.2 Å². The quantitative estimate of drug-likeness (QED) is 0.601. The lowest BCUT2D eigenvalue weighted by atomic mass is 10.1. The van der Waals surface area contributed by atoms with Gasteiger partial charge in [0.25, 0.3) is 0 Å². The van der Waals surface area contributed by atoms with Crippen molar-refractivity contribution in [3.8, 4) is 0 Å². The smallest absolute Gasteiger partial charge is 0.0286 e.